The van der Waals surface area contributed by atoms with E-state index in [0.717, 1.165) is 31.5 Å². The lowest BCUT2D eigenvalue weighted by Gasteiger charge is -2.23. The molecule has 1 aromatic carbocycles. The summed E-state index contributed by atoms with van der Waals surface area (Å²) in [6, 6.07) is 12.5. The van der Waals surface area contributed by atoms with Crippen LogP contribution in [0.25, 0.3) is 11.1 Å². The van der Waals surface area contributed by atoms with Crippen molar-refractivity contribution in [1.82, 2.24) is 15.2 Å². The lowest BCUT2D eigenvalue weighted by Crippen LogP contribution is -2.41. The van der Waals surface area contributed by atoms with Crippen LogP contribution in [0.3, 0.4) is 0 Å². The Bertz CT molecular complexity index is 642. The van der Waals surface area contributed by atoms with Gasteiger partial charge in [-0.2, -0.15) is 0 Å². The molecule has 22 heavy (non-hydrogen) atoms. The van der Waals surface area contributed by atoms with Gasteiger partial charge in [-0.05, 0) is 48.2 Å². The molecule has 1 aliphatic rings. The number of aromatic nitrogens is 1. The van der Waals surface area contributed by atoms with E-state index in [4.69, 9.17) is 0 Å². The molecule has 4 nitrogen and oxygen atoms in total. The van der Waals surface area contributed by atoms with Crippen molar-refractivity contribution >= 4 is 5.91 Å². The smallest absolute Gasteiger partial charge is 0.237 e. The van der Waals surface area contributed by atoms with Crippen molar-refractivity contribution in [2.24, 2.45) is 0 Å². The van der Waals surface area contributed by atoms with Crippen molar-refractivity contribution in [3.05, 3.63) is 54.4 Å². The van der Waals surface area contributed by atoms with E-state index in [2.05, 4.69) is 45.5 Å². The fourth-order valence-electron chi connectivity index (χ4n) is 3.10. The predicted molar refractivity (Wildman–Crippen MR) is 87.2 cm³/mol. The minimum absolute atomic E-state index is 0.00653. The van der Waals surface area contributed by atoms with Crippen molar-refractivity contribution in [2.45, 2.75) is 25.4 Å². The van der Waals surface area contributed by atoms with Crippen LogP contribution in [0.1, 0.15) is 18.4 Å². The number of amides is 1. The Hall–Kier alpha value is -2.20. The number of hydrogen-bond donors (Lipinski definition) is 1. The third-order valence-electron chi connectivity index (χ3n) is 4.22. The van der Waals surface area contributed by atoms with Crippen LogP contribution in [0.15, 0.2) is 48.8 Å². The maximum absolute atomic E-state index is 11.9. The number of carbonyl (C=O) groups excluding carboxylic acids is 1. The highest BCUT2D eigenvalue weighted by molar-refractivity contribution is 5.81. The van der Waals surface area contributed by atoms with Crippen molar-refractivity contribution in [3.8, 4) is 11.1 Å². The number of likely N-dealkylation sites (tertiary alicyclic amines) is 1. The second-order valence-electron chi connectivity index (χ2n) is 5.68. The van der Waals surface area contributed by atoms with Gasteiger partial charge in [0.25, 0.3) is 0 Å². The zero-order valence-corrected chi connectivity index (χ0v) is 12.8. The molecule has 2 aromatic rings. The zero-order chi connectivity index (χ0) is 15.4. The van der Waals surface area contributed by atoms with E-state index in [1.807, 2.05) is 12.3 Å². The maximum Gasteiger partial charge on any atom is 0.237 e. The van der Waals surface area contributed by atoms with E-state index in [1.165, 1.54) is 11.1 Å². The second kappa shape index (κ2) is 6.71. The summed E-state index contributed by atoms with van der Waals surface area (Å²) < 4.78 is 0. The molecule has 0 saturated carbocycles. The first kappa shape index (κ1) is 14.7. The van der Waals surface area contributed by atoms with Gasteiger partial charge in [-0.25, -0.2) is 0 Å². The maximum atomic E-state index is 11.9. The number of likely N-dealkylation sites (N-methyl/N-ethyl adjacent to an activating group) is 1. The third kappa shape index (κ3) is 3.17. The Morgan fingerprint density at radius 3 is 2.95 bits per heavy atom. The van der Waals surface area contributed by atoms with E-state index in [0.29, 0.717) is 0 Å². The van der Waals surface area contributed by atoms with Crippen LogP contribution in [-0.4, -0.2) is 35.4 Å². The van der Waals surface area contributed by atoms with Gasteiger partial charge >= 0.3 is 0 Å². The van der Waals surface area contributed by atoms with Crippen LogP contribution >= 0.6 is 0 Å². The van der Waals surface area contributed by atoms with Gasteiger partial charge < -0.3 is 5.32 Å². The lowest BCUT2D eigenvalue weighted by atomic mass is 10.0. The molecule has 0 bridgehead atoms. The highest BCUT2D eigenvalue weighted by atomic mass is 16.2. The molecule has 1 aromatic heterocycles. The minimum Gasteiger partial charge on any atom is -0.358 e. The molecule has 1 aliphatic heterocycles. The van der Waals surface area contributed by atoms with Crippen molar-refractivity contribution in [2.75, 3.05) is 13.6 Å². The van der Waals surface area contributed by atoms with E-state index >= 15 is 0 Å². The van der Waals surface area contributed by atoms with Crippen LogP contribution in [0, 0.1) is 0 Å². The Balaban J connectivity index is 1.77. The van der Waals surface area contributed by atoms with Gasteiger partial charge in [-0.3, -0.25) is 14.7 Å². The third-order valence-corrected chi connectivity index (χ3v) is 4.22. The standard InChI is InChI=1S/C18H21N3O/c1-19-18(22)17-8-4-10-21(17)13-14-5-2-6-15(11-14)16-7-3-9-20-12-16/h2-3,5-7,9,11-12,17H,4,8,10,13H2,1H3,(H,19,22)/t17-/m1/s1. The summed E-state index contributed by atoms with van der Waals surface area (Å²) in [5.74, 6) is 0.126. The summed E-state index contributed by atoms with van der Waals surface area (Å²) in [7, 11) is 1.71. The molecule has 4 heteroatoms. The first-order valence-corrected chi connectivity index (χ1v) is 7.73. The predicted octanol–water partition coefficient (Wildman–Crippen LogP) is 2.46. The molecule has 2 heterocycles. The van der Waals surface area contributed by atoms with Gasteiger partial charge in [0.05, 0.1) is 6.04 Å². The summed E-state index contributed by atoms with van der Waals surface area (Å²) in [5.41, 5.74) is 3.52. The van der Waals surface area contributed by atoms with Crippen LogP contribution in [0.2, 0.25) is 0 Å². The average Bonchev–Trinajstić information content (AvgIpc) is 3.03. The van der Waals surface area contributed by atoms with Crippen LogP contribution in [0.5, 0.6) is 0 Å². The molecule has 0 aliphatic carbocycles. The number of nitrogens with one attached hydrogen (secondary N) is 1. The zero-order valence-electron chi connectivity index (χ0n) is 12.8. The number of benzene rings is 1. The molecule has 1 fully saturated rings. The first-order chi connectivity index (χ1) is 10.8. The summed E-state index contributed by atoms with van der Waals surface area (Å²) in [6.07, 6.45) is 5.69. The molecule has 0 spiro atoms. The molecule has 1 N–H and O–H groups in total. The van der Waals surface area contributed by atoms with Crippen molar-refractivity contribution < 1.29 is 4.79 Å². The van der Waals surface area contributed by atoms with Crippen LogP contribution in [0.4, 0.5) is 0 Å². The van der Waals surface area contributed by atoms with Crippen molar-refractivity contribution in [1.29, 1.82) is 0 Å². The second-order valence-corrected chi connectivity index (χ2v) is 5.68. The van der Waals surface area contributed by atoms with E-state index in [1.54, 1.807) is 13.2 Å². The normalized spacial score (nSPS) is 18.3. The topological polar surface area (TPSA) is 45.2 Å². The van der Waals surface area contributed by atoms with Gasteiger partial charge in [0.1, 0.15) is 0 Å². The number of nitrogens with zero attached hydrogens (tertiary/aromatic N) is 2. The van der Waals surface area contributed by atoms with Gasteiger partial charge in [0, 0.05) is 26.0 Å². The molecular formula is C18H21N3O. The number of hydrogen-bond acceptors (Lipinski definition) is 3. The monoisotopic (exact) mass is 295 g/mol. The molecule has 1 atom stereocenters. The molecule has 3 rings (SSSR count). The number of rotatable bonds is 4. The van der Waals surface area contributed by atoms with E-state index in [9.17, 15) is 4.79 Å². The molecule has 114 valence electrons. The highest BCUT2D eigenvalue weighted by Crippen LogP contribution is 2.23. The summed E-state index contributed by atoms with van der Waals surface area (Å²) in [4.78, 5) is 18.4. The number of carbonyl (C=O) groups is 1. The summed E-state index contributed by atoms with van der Waals surface area (Å²) >= 11 is 0. The average molecular weight is 295 g/mol. The molecule has 0 unspecified atom stereocenters. The van der Waals surface area contributed by atoms with Gasteiger partial charge in [-0.15, -0.1) is 0 Å². The number of pyridine rings is 1. The summed E-state index contributed by atoms with van der Waals surface area (Å²) in [6.45, 7) is 1.79. The fraction of sp³-hybridized carbons (Fsp3) is 0.333. The fourth-order valence-corrected chi connectivity index (χ4v) is 3.10. The molecule has 1 saturated heterocycles. The lowest BCUT2D eigenvalue weighted by molar-refractivity contribution is -0.125. The van der Waals surface area contributed by atoms with E-state index < -0.39 is 0 Å². The van der Waals surface area contributed by atoms with Gasteiger partial charge in [-0.1, -0.05) is 24.3 Å². The van der Waals surface area contributed by atoms with Gasteiger partial charge in [0.15, 0.2) is 0 Å². The largest absolute Gasteiger partial charge is 0.358 e. The Labute approximate surface area is 131 Å². The van der Waals surface area contributed by atoms with Crippen molar-refractivity contribution in [3.63, 3.8) is 0 Å². The molecule has 0 radical (unpaired) electrons. The first-order valence-electron chi connectivity index (χ1n) is 7.73. The Morgan fingerprint density at radius 2 is 2.18 bits per heavy atom. The van der Waals surface area contributed by atoms with E-state index in [-0.39, 0.29) is 11.9 Å². The minimum atomic E-state index is 0.00653. The van der Waals surface area contributed by atoms with Crippen LogP contribution in [-0.2, 0) is 11.3 Å². The Kier molecular flexibility index (Phi) is 4.49. The van der Waals surface area contributed by atoms with Crippen LogP contribution < -0.4 is 5.32 Å². The SMILES string of the molecule is CNC(=O)[C@H]1CCCN1Cc1cccc(-c2cccnc2)c1. The molecule has 1 amide bonds. The highest BCUT2D eigenvalue weighted by Gasteiger charge is 2.29. The quantitative estimate of drug-likeness (QED) is 0.942. The van der Waals surface area contributed by atoms with Gasteiger partial charge in [0.2, 0.25) is 5.91 Å². The summed E-state index contributed by atoms with van der Waals surface area (Å²) in [5, 5.41) is 2.77. The molecular weight excluding hydrogens is 274 g/mol. The Morgan fingerprint density at radius 1 is 1.32 bits per heavy atom.